The summed E-state index contributed by atoms with van der Waals surface area (Å²) in [5, 5.41) is 0. The summed E-state index contributed by atoms with van der Waals surface area (Å²) >= 11 is 0. The fourth-order valence-corrected chi connectivity index (χ4v) is 5.82. The molecule has 1 aliphatic carbocycles. The quantitative estimate of drug-likeness (QED) is 0.142. The normalized spacial score (nSPS) is 15.1. The fraction of sp³-hybridized carbons (Fsp3) is 0.393. The van der Waals surface area contributed by atoms with Gasteiger partial charge in [-0.25, -0.2) is 8.96 Å². The van der Waals surface area contributed by atoms with Gasteiger partial charge in [0.25, 0.3) is 0 Å². The zero-order valence-corrected chi connectivity index (χ0v) is 23.9. The summed E-state index contributed by atoms with van der Waals surface area (Å²) in [5.74, 6) is -0.796. The van der Waals surface area contributed by atoms with Gasteiger partial charge in [0.2, 0.25) is 0 Å². The molecule has 3 rings (SSSR count). The van der Waals surface area contributed by atoms with Gasteiger partial charge >= 0.3 is 13.8 Å². The topological polar surface area (TPSA) is 88.1 Å². The molecule has 2 aromatic rings. The number of hydrogen-bond acceptors (Lipinski definition) is 7. The molecule has 0 N–H and O–H groups in total. The van der Waals surface area contributed by atoms with Crippen LogP contribution < -0.4 is 0 Å². The number of rotatable bonds is 14. The maximum Gasteiger partial charge on any atom is 0.474 e. The van der Waals surface area contributed by atoms with E-state index in [1.807, 2.05) is 37.3 Å². The summed E-state index contributed by atoms with van der Waals surface area (Å²) in [6, 6.07) is 12.0. The Balaban J connectivity index is 1.63. The summed E-state index contributed by atoms with van der Waals surface area (Å²) in [5.41, 5.74) is 4.93. The Hall–Kier alpha value is -2.42. The van der Waals surface area contributed by atoms with E-state index in [-0.39, 0.29) is 38.7 Å². The van der Waals surface area contributed by atoms with E-state index in [2.05, 4.69) is 0 Å². The molecule has 38 heavy (non-hydrogen) atoms. The van der Waals surface area contributed by atoms with Crippen LogP contribution in [-0.4, -0.2) is 42.9 Å². The predicted octanol–water partition coefficient (Wildman–Crippen LogP) is 6.80. The molecule has 0 aromatic heterocycles. The standard InChI is InChI=1S/C28H34FO7PS/c1-5-34-37(31,35-6-2)36-16-8-7-15-33-28(30)19-26-20(3)25(24-14-11-22(29)18-27(24)26)17-21-9-12-23(13-10-21)38(4)32/h9-14,17-18H,5-8,15-16,19H2,1-4H3. The Morgan fingerprint density at radius 1 is 0.974 bits per heavy atom. The van der Waals surface area contributed by atoms with E-state index >= 15 is 0 Å². The molecule has 1 unspecified atom stereocenters. The molecule has 1 aliphatic rings. The highest BCUT2D eigenvalue weighted by molar-refractivity contribution is 7.84. The van der Waals surface area contributed by atoms with Gasteiger partial charge in [-0.2, -0.15) is 0 Å². The number of carbonyl (C=O) groups is 1. The second-order valence-electron chi connectivity index (χ2n) is 8.59. The number of phosphoric acid groups is 1. The molecule has 2 aromatic carbocycles. The van der Waals surface area contributed by atoms with Crippen molar-refractivity contribution in [2.45, 2.75) is 44.9 Å². The van der Waals surface area contributed by atoms with Gasteiger partial charge in [0, 0.05) is 22.0 Å². The van der Waals surface area contributed by atoms with Gasteiger partial charge in [0.1, 0.15) is 5.82 Å². The Morgan fingerprint density at radius 2 is 1.63 bits per heavy atom. The summed E-state index contributed by atoms with van der Waals surface area (Å²) in [7, 11) is -4.62. The minimum Gasteiger partial charge on any atom is -0.465 e. The maximum absolute atomic E-state index is 14.1. The molecule has 1 atom stereocenters. The molecule has 0 saturated carbocycles. The average Bonchev–Trinajstić information content (AvgIpc) is 3.12. The lowest BCUT2D eigenvalue weighted by atomic mass is 10.0. The molecule has 0 aliphatic heterocycles. The largest absolute Gasteiger partial charge is 0.474 e. The molecular weight excluding hydrogens is 530 g/mol. The van der Waals surface area contributed by atoms with Crippen molar-refractivity contribution >= 4 is 41.8 Å². The first kappa shape index (κ1) is 30.1. The molecule has 0 bridgehead atoms. The SMILES string of the molecule is CCOP(=O)(OCC)OCCCCOC(=O)CC1=C(C)C(=Cc2ccc(S(C)=O)cc2)c2ccc(F)cc21. The monoisotopic (exact) mass is 564 g/mol. The number of phosphoric ester groups is 1. The lowest BCUT2D eigenvalue weighted by Crippen LogP contribution is -2.08. The fourth-order valence-electron chi connectivity index (χ4n) is 4.09. The van der Waals surface area contributed by atoms with Crippen molar-refractivity contribution in [1.82, 2.24) is 0 Å². The van der Waals surface area contributed by atoms with Gasteiger partial charge in [-0.05, 0) is 97.4 Å². The van der Waals surface area contributed by atoms with Crippen LogP contribution in [0.15, 0.2) is 52.9 Å². The van der Waals surface area contributed by atoms with Crippen molar-refractivity contribution < 1.29 is 36.3 Å². The van der Waals surface area contributed by atoms with Crippen LogP contribution in [0.1, 0.15) is 56.7 Å². The van der Waals surface area contributed by atoms with Gasteiger partial charge in [-0.15, -0.1) is 0 Å². The molecule has 7 nitrogen and oxygen atoms in total. The first-order chi connectivity index (χ1) is 18.2. The third-order valence-electron chi connectivity index (χ3n) is 5.92. The molecule has 0 amide bonds. The van der Waals surface area contributed by atoms with E-state index in [9.17, 15) is 18.0 Å². The molecule has 0 radical (unpaired) electrons. The number of ether oxygens (including phenoxy) is 1. The lowest BCUT2D eigenvalue weighted by Gasteiger charge is -2.16. The van der Waals surface area contributed by atoms with Gasteiger partial charge in [0.05, 0.1) is 32.8 Å². The summed E-state index contributed by atoms with van der Waals surface area (Å²) < 4.78 is 58.9. The van der Waals surface area contributed by atoms with Crippen LogP contribution in [0.4, 0.5) is 4.39 Å². The molecular formula is C28H34FO7PS. The number of benzene rings is 2. The van der Waals surface area contributed by atoms with Crippen LogP contribution in [-0.2, 0) is 38.5 Å². The highest BCUT2D eigenvalue weighted by Gasteiger charge is 2.27. The number of halogens is 1. The Kier molecular flexibility index (Phi) is 11.2. The summed E-state index contributed by atoms with van der Waals surface area (Å²) in [6.45, 7) is 6.06. The van der Waals surface area contributed by atoms with Gasteiger partial charge < -0.3 is 4.74 Å². The number of fused-ring (bicyclic) bond motifs is 1. The Morgan fingerprint density at radius 3 is 2.26 bits per heavy atom. The van der Waals surface area contributed by atoms with Crippen LogP contribution in [0.25, 0.3) is 17.2 Å². The van der Waals surface area contributed by atoms with E-state index < -0.39 is 24.6 Å². The van der Waals surface area contributed by atoms with Crippen molar-refractivity contribution in [2.24, 2.45) is 0 Å². The van der Waals surface area contributed by atoms with E-state index in [0.29, 0.717) is 18.4 Å². The number of unbranched alkanes of at least 4 members (excludes halogenated alkanes) is 1. The van der Waals surface area contributed by atoms with Gasteiger partial charge in [-0.3, -0.25) is 22.6 Å². The van der Waals surface area contributed by atoms with Gasteiger partial charge in [0.15, 0.2) is 0 Å². The van der Waals surface area contributed by atoms with Crippen LogP contribution in [0.2, 0.25) is 0 Å². The Bertz CT molecular complexity index is 1260. The van der Waals surface area contributed by atoms with E-state index in [1.54, 1.807) is 26.2 Å². The maximum atomic E-state index is 14.1. The zero-order chi connectivity index (χ0) is 27.7. The smallest absolute Gasteiger partial charge is 0.465 e. The molecule has 0 heterocycles. The average molecular weight is 565 g/mol. The summed E-state index contributed by atoms with van der Waals surface area (Å²) in [6.07, 6.45) is 4.63. The highest BCUT2D eigenvalue weighted by Crippen LogP contribution is 2.49. The molecule has 0 fully saturated rings. The minimum absolute atomic E-state index is 0.00770. The number of esters is 1. The van der Waals surface area contributed by atoms with Crippen LogP contribution in [0, 0.1) is 5.82 Å². The van der Waals surface area contributed by atoms with Gasteiger partial charge in [-0.1, -0.05) is 18.2 Å². The zero-order valence-electron chi connectivity index (χ0n) is 22.2. The number of hydrogen-bond donors (Lipinski definition) is 0. The minimum atomic E-state index is -3.55. The van der Waals surface area contributed by atoms with Crippen LogP contribution >= 0.6 is 7.82 Å². The van der Waals surface area contributed by atoms with Crippen LogP contribution in [0.5, 0.6) is 0 Å². The predicted molar refractivity (Wildman–Crippen MR) is 147 cm³/mol. The molecule has 0 spiro atoms. The second-order valence-corrected chi connectivity index (χ2v) is 11.6. The van der Waals surface area contributed by atoms with Crippen molar-refractivity contribution in [2.75, 3.05) is 32.7 Å². The third kappa shape index (κ3) is 8.04. The first-order valence-electron chi connectivity index (χ1n) is 12.5. The Labute approximate surface area is 226 Å². The van der Waals surface area contributed by atoms with E-state index in [0.717, 1.165) is 32.7 Å². The van der Waals surface area contributed by atoms with E-state index in [1.165, 1.54) is 12.1 Å². The van der Waals surface area contributed by atoms with E-state index in [4.69, 9.17) is 18.3 Å². The van der Waals surface area contributed by atoms with Crippen LogP contribution in [0.3, 0.4) is 0 Å². The van der Waals surface area contributed by atoms with Crippen molar-refractivity contribution in [3.05, 3.63) is 70.5 Å². The molecule has 206 valence electrons. The third-order valence-corrected chi connectivity index (χ3v) is 8.51. The van der Waals surface area contributed by atoms with Crippen molar-refractivity contribution in [3.8, 4) is 0 Å². The van der Waals surface area contributed by atoms with Crippen molar-refractivity contribution in [3.63, 3.8) is 0 Å². The van der Waals surface area contributed by atoms with Crippen molar-refractivity contribution in [1.29, 1.82) is 0 Å². The lowest BCUT2D eigenvalue weighted by molar-refractivity contribution is -0.142. The highest BCUT2D eigenvalue weighted by atomic mass is 32.2. The molecule has 0 saturated heterocycles. The molecule has 10 heteroatoms. The summed E-state index contributed by atoms with van der Waals surface area (Å²) in [4.78, 5) is 13.4. The first-order valence-corrected chi connectivity index (χ1v) is 15.5. The number of carbonyl (C=O) groups excluding carboxylic acids is 1. The number of allylic oxidation sites excluding steroid dienone is 2. The second kappa shape index (κ2) is 14.1.